The van der Waals surface area contributed by atoms with E-state index in [1.807, 2.05) is 13.1 Å². The van der Waals surface area contributed by atoms with E-state index < -0.39 is 0 Å². The van der Waals surface area contributed by atoms with Crippen LogP contribution in [0.5, 0.6) is 0 Å². The molecule has 25 heavy (non-hydrogen) atoms. The van der Waals surface area contributed by atoms with Crippen molar-refractivity contribution in [3.05, 3.63) is 64.6 Å². The van der Waals surface area contributed by atoms with Crippen LogP contribution in [0.3, 0.4) is 0 Å². The Morgan fingerprint density at radius 1 is 1.16 bits per heavy atom. The smallest absolute Gasteiger partial charge is 0.0556 e. The van der Waals surface area contributed by atoms with E-state index in [9.17, 15) is 0 Å². The molecule has 2 unspecified atom stereocenters. The van der Waals surface area contributed by atoms with Crippen molar-refractivity contribution >= 4 is 23.1 Å². The first-order valence-corrected chi connectivity index (χ1v) is 9.17. The first-order valence-electron chi connectivity index (χ1n) is 9.17. The summed E-state index contributed by atoms with van der Waals surface area (Å²) in [5.74, 6) is 0. The van der Waals surface area contributed by atoms with Gasteiger partial charge in [0, 0.05) is 48.5 Å². The highest BCUT2D eigenvalue weighted by atomic mass is 15.1. The third kappa shape index (κ3) is 2.34. The molecule has 0 spiro atoms. The lowest BCUT2D eigenvalue weighted by Gasteiger charge is -2.23. The molecule has 2 aromatic heterocycles. The van der Waals surface area contributed by atoms with Crippen LogP contribution < -0.4 is 5.32 Å². The molecule has 3 nitrogen and oxygen atoms in total. The predicted octanol–water partition coefficient (Wildman–Crippen LogP) is 4.40. The summed E-state index contributed by atoms with van der Waals surface area (Å²) in [4.78, 5) is 4.39. The molecule has 1 aromatic carbocycles. The molecule has 126 valence electrons. The minimum Gasteiger partial charge on any atom is -0.347 e. The number of para-hydroxylation sites is 1. The van der Waals surface area contributed by atoms with Gasteiger partial charge in [0.1, 0.15) is 0 Å². The van der Waals surface area contributed by atoms with Crippen LogP contribution >= 0.6 is 0 Å². The Kier molecular flexibility index (Phi) is 3.32. The average Bonchev–Trinajstić information content (AvgIpc) is 3.14. The second kappa shape index (κ2) is 5.57. The highest BCUT2D eigenvalue weighted by Gasteiger charge is 2.35. The monoisotopic (exact) mass is 329 g/mol. The zero-order valence-corrected chi connectivity index (χ0v) is 14.8. The van der Waals surface area contributed by atoms with Gasteiger partial charge in [-0.3, -0.25) is 4.98 Å². The molecule has 0 saturated carbocycles. The Bertz CT molecular complexity index is 979. The van der Waals surface area contributed by atoms with Crippen molar-refractivity contribution in [2.45, 2.75) is 38.3 Å². The number of benzene rings is 1. The maximum atomic E-state index is 4.39. The third-order valence-electron chi connectivity index (χ3n) is 5.83. The summed E-state index contributed by atoms with van der Waals surface area (Å²) in [5.41, 5.74) is 7.90. The number of fused-ring (bicyclic) bond motifs is 6. The number of pyridine rings is 1. The van der Waals surface area contributed by atoms with Crippen LogP contribution in [0.1, 0.15) is 47.0 Å². The Hall–Kier alpha value is -2.39. The van der Waals surface area contributed by atoms with Crippen LogP contribution in [-0.4, -0.2) is 15.6 Å². The lowest BCUT2D eigenvalue weighted by molar-refractivity contribution is 0.503. The molecule has 2 atom stereocenters. The predicted molar refractivity (Wildman–Crippen MR) is 103 cm³/mol. The fourth-order valence-electron chi connectivity index (χ4n) is 4.60. The fourth-order valence-corrected chi connectivity index (χ4v) is 4.60. The van der Waals surface area contributed by atoms with Crippen LogP contribution in [0, 0.1) is 6.92 Å². The molecule has 1 saturated heterocycles. The number of hydrogen-bond donors (Lipinski definition) is 1. The Balaban J connectivity index is 1.63. The number of aromatic nitrogens is 2. The molecule has 5 rings (SSSR count). The Morgan fingerprint density at radius 3 is 2.92 bits per heavy atom. The molecular formula is C22H23N3. The van der Waals surface area contributed by atoms with Gasteiger partial charge < -0.3 is 9.88 Å². The van der Waals surface area contributed by atoms with Gasteiger partial charge in [-0.05, 0) is 42.5 Å². The summed E-state index contributed by atoms with van der Waals surface area (Å²) >= 11 is 0. The van der Waals surface area contributed by atoms with Crippen molar-refractivity contribution in [1.82, 2.24) is 14.9 Å². The number of hydrogen-bond acceptors (Lipinski definition) is 2. The molecular weight excluding hydrogens is 306 g/mol. The normalized spacial score (nSPS) is 22.0. The molecule has 1 N–H and O–H groups in total. The van der Waals surface area contributed by atoms with E-state index in [1.165, 1.54) is 35.0 Å². The van der Waals surface area contributed by atoms with E-state index in [0.29, 0.717) is 12.1 Å². The van der Waals surface area contributed by atoms with Crippen molar-refractivity contribution < 1.29 is 0 Å². The lowest BCUT2D eigenvalue weighted by Crippen LogP contribution is -2.32. The van der Waals surface area contributed by atoms with Crippen molar-refractivity contribution in [2.75, 3.05) is 0 Å². The van der Waals surface area contributed by atoms with Gasteiger partial charge in [0.25, 0.3) is 0 Å². The molecule has 2 bridgehead atoms. The van der Waals surface area contributed by atoms with Gasteiger partial charge in [0.15, 0.2) is 0 Å². The zero-order valence-electron chi connectivity index (χ0n) is 14.8. The minimum atomic E-state index is 0.540. The standard InChI is InChI=1S/C22H23N3/c1-14-6-7-15(13-23-14)8-9-16-4-3-5-18-21-19-11-10-17(24-19)12-20(21)25(2)22(16)18/h3-9,13,17,19,24H,10-12H2,1-2H3. The maximum absolute atomic E-state index is 4.39. The second-order valence-corrected chi connectivity index (χ2v) is 7.43. The molecule has 1 fully saturated rings. The average molecular weight is 329 g/mol. The largest absolute Gasteiger partial charge is 0.347 e. The summed E-state index contributed by atoms with van der Waals surface area (Å²) < 4.78 is 2.43. The molecule has 3 heteroatoms. The molecule has 2 aliphatic heterocycles. The number of rotatable bonds is 2. The highest BCUT2D eigenvalue weighted by molar-refractivity contribution is 5.94. The van der Waals surface area contributed by atoms with E-state index >= 15 is 0 Å². The van der Waals surface area contributed by atoms with Crippen molar-refractivity contribution in [3.63, 3.8) is 0 Å². The van der Waals surface area contributed by atoms with Crippen LogP contribution in [0.25, 0.3) is 23.1 Å². The van der Waals surface area contributed by atoms with Gasteiger partial charge in [-0.1, -0.05) is 36.4 Å². The maximum Gasteiger partial charge on any atom is 0.0556 e. The fraction of sp³-hybridized carbons (Fsp3) is 0.318. The summed E-state index contributed by atoms with van der Waals surface area (Å²) in [6.45, 7) is 2.02. The first kappa shape index (κ1) is 14.9. The van der Waals surface area contributed by atoms with E-state index in [4.69, 9.17) is 0 Å². The molecule has 2 aliphatic rings. The Morgan fingerprint density at radius 2 is 2.08 bits per heavy atom. The zero-order chi connectivity index (χ0) is 17.0. The van der Waals surface area contributed by atoms with Crippen LogP contribution in [0.2, 0.25) is 0 Å². The van der Waals surface area contributed by atoms with E-state index in [2.05, 4.69) is 64.4 Å². The lowest BCUT2D eigenvalue weighted by atomic mass is 9.98. The second-order valence-electron chi connectivity index (χ2n) is 7.43. The third-order valence-corrected chi connectivity index (χ3v) is 5.83. The highest BCUT2D eigenvalue weighted by Crippen LogP contribution is 2.42. The van der Waals surface area contributed by atoms with E-state index in [0.717, 1.165) is 17.7 Å². The number of nitrogens with one attached hydrogen (secondary N) is 1. The van der Waals surface area contributed by atoms with Gasteiger partial charge in [-0.2, -0.15) is 0 Å². The summed E-state index contributed by atoms with van der Waals surface area (Å²) in [6.07, 6.45) is 10.1. The van der Waals surface area contributed by atoms with Gasteiger partial charge in [0.2, 0.25) is 0 Å². The first-order chi connectivity index (χ1) is 12.2. The van der Waals surface area contributed by atoms with Crippen molar-refractivity contribution in [3.8, 4) is 0 Å². The molecule has 0 radical (unpaired) electrons. The van der Waals surface area contributed by atoms with Crippen LogP contribution in [0.15, 0.2) is 36.5 Å². The van der Waals surface area contributed by atoms with E-state index in [-0.39, 0.29) is 0 Å². The van der Waals surface area contributed by atoms with Gasteiger partial charge in [-0.25, -0.2) is 0 Å². The molecule has 0 amide bonds. The Labute approximate surface area is 148 Å². The van der Waals surface area contributed by atoms with E-state index in [1.54, 1.807) is 5.56 Å². The summed E-state index contributed by atoms with van der Waals surface area (Å²) in [6, 6.07) is 12.1. The molecule has 4 heterocycles. The van der Waals surface area contributed by atoms with Crippen molar-refractivity contribution in [1.29, 1.82) is 0 Å². The van der Waals surface area contributed by atoms with Gasteiger partial charge in [0.05, 0.1) is 5.52 Å². The SMILES string of the molecule is Cc1ccc(C=Cc2cccc3c4c(n(C)c23)CC2CCC4N2)cn1. The number of nitrogens with zero attached hydrogens (tertiary/aromatic N) is 2. The summed E-state index contributed by atoms with van der Waals surface area (Å²) in [5, 5.41) is 5.21. The molecule has 3 aromatic rings. The summed E-state index contributed by atoms with van der Waals surface area (Å²) in [7, 11) is 2.23. The van der Waals surface area contributed by atoms with Crippen LogP contribution in [0.4, 0.5) is 0 Å². The minimum absolute atomic E-state index is 0.540. The number of aryl methyl sites for hydroxylation is 2. The van der Waals surface area contributed by atoms with Crippen molar-refractivity contribution in [2.24, 2.45) is 7.05 Å². The topological polar surface area (TPSA) is 29.9 Å². The van der Waals surface area contributed by atoms with Crippen LogP contribution in [-0.2, 0) is 13.5 Å². The molecule has 0 aliphatic carbocycles. The quantitative estimate of drug-likeness (QED) is 0.755. The van der Waals surface area contributed by atoms with Gasteiger partial charge >= 0.3 is 0 Å². The van der Waals surface area contributed by atoms with Gasteiger partial charge in [-0.15, -0.1) is 0 Å².